The molecule has 0 bridgehead atoms. The highest BCUT2D eigenvalue weighted by Gasteiger charge is 2.27. The Balaban J connectivity index is 2.05. The van der Waals surface area contributed by atoms with Crippen LogP contribution >= 0.6 is 0 Å². The van der Waals surface area contributed by atoms with E-state index in [1.54, 1.807) is 18.3 Å². The number of aromatic nitrogens is 1. The Morgan fingerprint density at radius 3 is 2.79 bits per heavy atom. The molecule has 1 atom stereocenters. The van der Waals surface area contributed by atoms with Gasteiger partial charge in [0.2, 0.25) is 5.88 Å². The predicted molar refractivity (Wildman–Crippen MR) is 73.1 cm³/mol. The molecule has 2 rings (SSSR count). The zero-order chi connectivity index (χ0) is 13.8. The monoisotopic (exact) mass is 263 g/mol. The molecule has 1 amide bonds. The molecule has 19 heavy (non-hydrogen) atoms. The number of piperidine rings is 1. The second-order valence-electron chi connectivity index (χ2n) is 5.05. The largest absolute Gasteiger partial charge is 0.480 e. The number of amides is 1. The lowest BCUT2D eigenvalue weighted by molar-refractivity contribution is 0.0677. The van der Waals surface area contributed by atoms with Crippen LogP contribution in [0.15, 0.2) is 18.3 Å². The fourth-order valence-corrected chi connectivity index (χ4v) is 2.51. The minimum Gasteiger partial charge on any atom is -0.480 e. The van der Waals surface area contributed by atoms with Crippen LogP contribution in [0.3, 0.4) is 0 Å². The highest BCUT2D eigenvalue weighted by molar-refractivity contribution is 5.96. The van der Waals surface area contributed by atoms with E-state index in [-0.39, 0.29) is 11.9 Å². The number of hydrogen-bond donors (Lipinski definition) is 1. The van der Waals surface area contributed by atoms with Crippen LogP contribution in [-0.4, -0.2) is 42.0 Å². The van der Waals surface area contributed by atoms with Crippen molar-refractivity contribution in [3.05, 3.63) is 23.9 Å². The van der Waals surface area contributed by atoms with Crippen molar-refractivity contribution in [2.75, 3.05) is 20.2 Å². The SMILES string of the molecule is COc1ncccc1C(=O)N1CCC(C(C)N)CC1. The summed E-state index contributed by atoms with van der Waals surface area (Å²) in [5.74, 6) is 0.898. The molecule has 1 aromatic heterocycles. The number of carbonyl (C=O) groups is 1. The van der Waals surface area contributed by atoms with E-state index in [0.717, 1.165) is 25.9 Å². The number of likely N-dealkylation sites (tertiary alicyclic amines) is 1. The van der Waals surface area contributed by atoms with E-state index in [9.17, 15) is 4.79 Å². The topological polar surface area (TPSA) is 68.5 Å². The maximum Gasteiger partial charge on any atom is 0.259 e. The van der Waals surface area contributed by atoms with Gasteiger partial charge in [-0.1, -0.05) is 0 Å². The van der Waals surface area contributed by atoms with Gasteiger partial charge in [-0.15, -0.1) is 0 Å². The second-order valence-corrected chi connectivity index (χ2v) is 5.05. The normalized spacial score (nSPS) is 18.2. The highest BCUT2D eigenvalue weighted by atomic mass is 16.5. The number of nitrogens with two attached hydrogens (primary N) is 1. The van der Waals surface area contributed by atoms with Crippen molar-refractivity contribution in [2.24, 2.45) is 11.7 Å². The molecular formula is C14H21N3O2. The van der Waals surface area contributed by atoms with Gasteiger partial charge in [-0.3, -0.25) is 4.79 Å². The second kappa shape index (κ2) is 6.02. The average molecular weight is 263 g/mol. The molecule has 5 heteroatoms. The van der Waals surface area contributed by atoms with Crippen molar-refractivity contribution < 1.29 is 9.53 Å². The molecule has 1 unspecified atom stereocenters. The van der Waals surface area contributed by atoms with Crippen molar-refractivity contribution in [3.63, 3.8) is 0 Å². The molecule has 0 radical (unpaired) electrons. The van der Waals surface area contributed by atoms with Gasteiger partial charge < -0.3 is 15.4 Å². The van der Waals surface area contributed by atoms with Crippen LogP contribution in [0.5, 0.6) is 5.88 Å². The van der Waals surface area contributed by atoms with Gasteiger partial charge in [0.25, 0.3) is 5.91 Å². The summed E-state index contributed by atoms with van der Waals surface area (Å²) in [6.07, 6.45) is 3.55. The molecule has 1 aliphatic rings. The van der Waals surface area contributed by atoms with Crippen LogP contribution in [0, 0.1) is 5.92 Å². The lowest BCUT2D eigenvalue weighted by Crippen LogP contribution is -2.42. The highest BCUT2D eigenvalue weighted by Crippen LogP contribution is 2.23. The lowest BCUT2D eigenvalue weighted by Gasteiger charge is -2.33. The van der Waals surface area contributed by atoms with Gasteiger partial charge in [-0.25, -0.2) is 4.98 Å². The van der Waals surface area contributed by atoms with E-state index < -0.39 is 0 Å². The Bertz CT molecular complexity index is 440. The molecule has 0 aromatic carbocycles. The quantitative estimate of drug-likeness (QED) is 0.892. The summed E-state index contributed by atoms with van der Waals surface area (Å²) in [7, 11) is 1.53. The summed E-state index contributed by atoms with van der Waals surface area (Å²) < 4.78 is 5.14. The Labute approximate surface area is 113 Å². The van der Waals surface area contributed by atoms with Crippen LogP contribution in [0.2, 0.25) is 0 Å². The summed E-state index contributed by atoms with van der Waals surface area (Å²) in [5, 5.41) is 0. The predicted octanol–water partition coefficient (Wildman–Crippen LogP) is 1.29. The maximum absolute atomic E-state index is 12.4. The first-order valence-electron chi connectivity index (χ1n) is 6.67. The van der Waals surface area contributed by atoms with Gasteiger partial charge >= 0.3 is 0 Å². The Hall–Kier alpha value is -1.62. The molecule has 0 saturated carbocycles. The standard InChI is InChI=1S/C14H21N3O2/c1-10(15)11-5-8-17(9-6-11)14(18)12-4-3-7-16-13(12)19-2/h3-4,7,10-11H,5-6,8-9,15H2,1-2H3. The van der Waals surface area contributed by atoms with Crippen LogP contribution < -0.4 is 10.5 Å². The number of carbonyl (C=O) groups excluding carboxylic acids is 1. The van der Waals surface area contributed by atoms with Crippen molar-refractivity contribution in [1.29, 1.82) is 0 Å². The minimum atomic E-state index is -0.00641. The smallest absolute Gasteiger partial charge is 0.259 e. The van der Waals surface area contributed by atoms with E-state index in [4.69, 9.17) is 10.5 Å². The van der Waals surface area contributed by atoms with Crippen LogP contribution in [0.4, 0.5) is 0 Å². The van der Waals surface area contributed by atoms with E-state index in [0.29, 0.717) is 17.4 Å². The van der Waals surface area contributed by atoms with Gasteiger partial charge in [-0.2, -0.15) is 0 Å². The zero-order valence-corrected chi connectivity index (χ0v) is 11.5. The fourth-order valence-electron chi connectivity index (χ4n) is 2.51. The first kappa shape index (κ1) is 13.8. The Kier molecular flexibility index (Phi) is 4.37. The average Bonchev–Trinajstić information content (AvgIpc) is 2.46. The Morgan fingerprint density at radius 2 is 2.21 bits per heavy atom. The van der Waals surface area contributed by atoms with Crippen LogP contribution in [-0.2, 0) is 0 Å². The number of nitrogens with zero attached hydrogens (tertiary/aromatic N) is 2. The van der Waals surface area contributed by atoms with Gasteiger partial charge in [-0.05, 0) is 37.8 Å². The summed E-state index contributed by atoms with van der Waals surface area (Å²) in [4.78, 5) is 18.4. The van der Waals surface area contributed by atoms with Crippen molar-refractivity contribution >= 4 is 5.91 Å². The first-order chi connectivity index (χ1) is 9.13. The molecule has 1 saturated heterocycles. The lowest BCUT2D eigenvalue weighted by atomic mass is 9.91. The van der Waals surface area contributed by atoms with Crippen molar-refractivity contribution in [2.45, 2.75) is 25.8 Å². The van der Waals surface area contributed by atoms with Crippen LogP contribution in [0.25, 0.3) is 0 Å². The van der Waals surface area contributed by atoms with Gasteiger partial charge in [0, 0.05) is 25.3 Å². The minimum absolute atomic E-state index is 0.00641. The van der Waals surface area contributed by atoms with Gasteiger partial charge in [0.15, 0.2) is 0 Å². The van der Waals surface area contributed by atoms with E-state index in [1.807, 2.05) is 11.8 Å². The molecular weight excluding hydrogens is 242 g/mol. The van der Waals surface area contributed by atoms with Gasteiger partial charge in [0.1, 0.15) is 5.56 Å². The number of methoxy groups -OCH3 is 1. The molecule has 2 heterocycles. The van der Waals surface area contributed by atoms with E-state index in [1.165, 1.54) is 7.11 Å². The molecule has 0 spiro atoms. The summed E-state index contributed by atoms with van der Waals surface area (Å²) >= 11 is 0. The molecule has 1 aromatic rings. The van der Waals surface area contributed by atoms with E-state index in [2.05, 4.69) is 4.98 Å². The number of rotatable bonds is 3. The van der Waals surface area contributed by atoms with Crippen LogP contribution in [0.1, 0.15) is 30.1 Å². The first-order valence-corrected chi connectivity index (χ1v) is 6.67. The Morgan fingerprint density at radius 1 is 1.53 bits per heavy atom. The van der Waals surface area contributed by atoms with Crippen molar-refractivity contribution in [3.8, 4) is 5.88 Å². The van der Waals surface area contributed by atoms with E-state index >= 15 is 0 Å². The summed E-state index contributed by atoms with van der Waals surface area (Å²) in [6, 6.07) is 3.71. The maximum atomic E-state index is 12.4. The third kappa shape index (κ3) is 3.04. The third-order valence-electron chi connectivity index (χ3n) is 3.77. The molecule has 1 fully saturated rings. The summed E-state index contributed by atoms with van der Waals surface area (Å²) in [6.45, 7) is 3.54. The molecule has 2 N–H and O–H groups in total. The molecule has 5 nitrogen and oxygen atoms in total. The zero-order valence-electron chi connectivity index (χ0n) is 11.5. The molecule has 1 aliphatic heterocycles. The van der Waals surface area contributed by atoms with Crippen molar-refractivity contribution in [1.82, 2.24) is 9.88 Å². The number of hydrogen-bond acceptors (Lipinski definition) is 4. The summed E-state index contributed by atoms with van der Waals surface area (Å²) in [5.41, 5.74) is 6.44. The number of ether oxygens (including phenoxy) is 1. The third-order valence-corrected chi connectivity index (χ3v) is 3.77. The fraction of sp³-hybridized carbons (Fsp3) is 0.571. The molecule has 0 aliphatic carbocycles. The van der Waals surface area contributed by atoms with Gasteiger partial charge in [0.05, 0.1) is 7.11 Å². The number of pyridine rings is 1. The molecule has 104 valence electrons.